The third kappa shape index (κ3) is 13.6. The lowest BCUT2D eigenvalue weighted by molar-refractivity contribution is -0.167. The molecule has 6 N–H and O–H groups in total. The summed E-state index contributed by atoms with van der Waals surface area (Å²) in [4.78, 5) is 88.1. The number of esters is 2. The van der Waals surface area contributed by atoms with Gasteiger partial charge < -0.3 is 49.1 Å². The van der Waals surface area contributed by atoms with E-state index >= 15 is 8.78 Å². The molecule has 16 nitrogen and oxygen atoms in total. The second-order valence-corrected chi connectivity index (χ2v) is 17.1. The SMILES string of the molecule is CCOC(=O)CCCCCCN1C(=O)CCC[C@@H]1C=C[C@@H](OC(=O)Cc1ccc(OC(=O)NCCC(O)(P(=O)(O)O)P(=O)(O)O)cc1)C(F)(F)c1ccccc1. The van der Waals surface area contributed by atoms with Crippen molar-refractivity contribution in [2.45, 2.75) is 94.3 Å². The molecule has 1 fully saturated rings. The highest BCUT2D eigenvalue weighted by molar-refractivity contribution is 7.72. The number of unbranched alkanes of at least 4 members (excludes halogenated alkanes) is 3. The van der Waals surface area contributed by atoms with Crippen LogP contribution in [-0.4, -0.2) is 90.4 Å². The average molecular weight is 833 g/mol. The van der Waals surface area contributed by atoms with Crippen molar-refractivity contribution in [2.24, 2.45) is 0 Å². The molecule has 2 amide bonds. The first-order valence-corrected chi connectivity index (χ1v) is 21.2. The third-order valence-electron chi connectivity index (χ3n) is 8.87. The summed E-state index contributed by atoms with van der Waals surface area (Å²) in [5.41, 5.74) is -0.108. The third-order valence-corrected chi connectivity index (χ3v) is 12.8. The molecule has 0 aromatic heterocycles. The second-order valence-electron chi connectivity index (χ2n) is 13.0. The van der Waals surface area contributed by atoms with Crippen LogP contribution in [0.4, 0.5) is 13.6 Å². The number of carbonyl (C=O) groups is 4. The second kappa shape index (κ2) is 20.9. The Kier molecular flexibility index (Phi) is 17.3. The molecule has 1 saturated heterocycles. The van der Waals surface area contributed by atoms with Crippen molar-refractivity contribution in [1.82, 2.24) is 10.2 Å². The maximum absolute atomic E-state index is 15.9. The Morgan fingerprint density at radius 3 is 2.23 bits per heavy atom. The minimum atomic E-state index is -5.72. The molecule has 0 saturated carbocycles. The van der Waals surface area contributed by atoms with E-state index in [1.54, 1.807) is 17.9 Å². The highest BCUT2D eigenvalue weighted by Crippen LogP contribution is 2.68. The summed E-state index contributed by atoms with van der Waals surface area (Å²) in [5.74, 6) is -5.14. The fraction of sp³-hybridized carbons (Fsp3) is 0.500. The molecule has 0 bridgehead atoms. The van der Waals surface area contributed by atoms with Gasteiger partial charge in [-0.3, -0.25) is 23.5 Å². The summed E-state index contributed by atoms with van der Waals surface area (Å²) in [6.45, 7) is 1.65. The number of piperidine rings is 1. The van der Waals surface area contributed by atoms with Gasteiger partial charge in [-0.2, -0.15) is 8.78 Å². The smallest absolute Gasteiger partial charge is 0.412 e. The van der Waals surface area contributed by atoms with E-state index in [9.17, 15) is 53.0 Å². The molecule has 2 aromatic rings. The van der Waals surface area contributed by atoms with Gasteiger partial charge in [0.25, 0.3) is 5.08 Å². The van der Waals surface area contributed by atoms with Crippen LogP contribution in [0.3, 0.4) is 0 Å². The Morgan fingerprint density at radius 2 is 1.61 bits per heavy atom. The molecule has 1 aliphatic rings. The van der Waals surface area contributed by atoms with Crippen LogP contribution in [0.1, 0.15) is 75.8 Å². The monoisotopic (exact) mass is 832 g/mol. The predicted octanol–water partition coefficient (Wildman–Crippen LogP) is 4.86. The minimum Gasteiger partial charge on any atom is -0.466 e. The molecule has 310 valence electrons. The normalized spacial score (nSPS) is 16.0. The van der Waals surface area contributed by atoms with Crippen LogP contribution in [0.5, 0.6) is 5.75 Å². The van der Waals surface area contributed by atoms with Gasteiger partial charge in [-0.25, -0.2) is 4.79 Å². The van der Waals surface area contributed by atoms with Crippen LogP contribution in [-0.2, 0) is 45.3 Å². The molecule has 1 aliphatic heterocycles. The van der Waals surface area contributed by atoms with Crippen molar-refractivity contribution in [3.05, 3.63) is 77.9 Å². The number of carbonyl (C=O) groups excluding carboxylic acids is 4. The summed E-state index contributed by atoms with van der Waals surface area (Å²) in [6.07, 6.45) is 2.18. The molecular formula is C36H48F2N2O14P2. The van der Waals surface area contributed by atoms with Gasteiger partial charge in [0.2, 0.25) is 5.91 Å². The van der Waals surface area contributed by atoms with Gasteiger partial charge in [-0.15, -0.1) is 0 Å². The largest absolute Gasteiger partial charge is 0.466 e. The van der Waals surface area contributed by atoms with Crippen molar-refractivity contribution in [2.75, 3.05) is 19.7 Å². The minimum absolute atomic E-state index is 0.0977. The quantitative estimate of drug-likeness (QED) is 0.0426. The number of alkyl halides is 2. The van der Waals surface area contributed by atoms with Gasteiger partial charge in [0.05, 0.1) is 19.1 Å². The van der Waals surface area contributed by atoms with Crippen LogP contribution in [0.15, 0.2) is 66.7 Å². The highest BCUT2D eigenvalue weighted by atomic mass is 31.2. The summed E-state index contributed by atoms with van der Waals surface area (Å²) in [6, 6.07) is 11.5. The summed E-state index contributed by atoms with van der Waals surface area (Å²) in [5, 5.41) is 8.17. The molecule has 0 unspecified atom stereocenters. The number of hydrogen-bond donors (Lipinski definition) is 6. The van der Waals surface area contributed by atoms with Gasteiger partial charge in [0, 0.05) is 37.9 Å². The Hall–Kier alpha value is -4.02. The lowest BCUT2D eigenvalue weighted by Gasteiger charge is -2.34. The number of halogens is 2. The fourth-order valence-electron chi connectivity index (χ4n) is 5.83. The van der Waals surface area contributed by atoms with Crippen LogP contribution in [0.25, 0.3) is 0 Å². The maximum Gasteiger partial charge on any atom is 0.412 e. The number of likely N-dealkylation sites (tertiary alicyclic amines) is 1. The number of aliphatic hydroxyl groups is 1. The van der Waals surface area contributed by atoms with Crippen molar-refractivity contribution in [3.8, 4) is 5.75 Å². The first-order valence-electron chi connectivity index (χ1n) is 17.9. The number of amides is 2. The molecule has 0 aliphatic carbocycles. The predicted molar refractivity (Wildman–Crippen MR) is 196 cm³/mol. The van der Waals surface area contributed by atoms with Gasteiger partial charge in [-0.05, 0) is 56.4 Å². The summed E-state index contributed by atoms with van der Waals surface area (Å²) in [7, 11) is -11.4. The topological polar surface area (TPSA) is 247 Å². The van der Waals surface area contributed by atoms with E-state index in [1.807, 2.05) is 5.32 Å². The van der Waals surface area contributed by atoms with E-state index in [-0.39, 0.29) is 23.2 Å². The number of rotatable bonds is 21. The molecular weight excluding hydrogens is 784 g/mol. The Bertz CT molecular complexity index is 1730. The molecule has 2 atom stereocenters. The van der Waals surface area contributed by atoms with Crippen molar-refractivity contribution in [1.29, 1.82) is 0 Å². The van der Waals surface area contributed by atoms with Gasteiger partial charge in [-0.1, -0.05) is 61.4 Å². The average Bonchev–Trinajstić information content (AvgIpc) is 3.12. The van der Waals surface area contributed by atoms with E-state index in [0.29, 0.717) is 51.7 Å². The molecule has 0 radical (unpaired) electrons. The standard InChI is InChI=1S/C36H48F2N2O14P2/c1-2-52-32(42)15-8-3-4-9-24-40-28(13-10-14-31(40)41)18-21-30(36(37,38)27-11-6-5-7-12-27)54-33(43)25-26-16-19-29(20-17-26)53-34(44)39-23-22-35(45,55(46,47)48)56(49,50)51/h5-7,11-12,16-21,28,30,45H,2-4,8-10,13-15,22-25H2,1H3,(H,39,44)(H2,46,47,48)(H2,49,50,51)/t28-,30-/m1/s1. The number of hydrogen-bond acceptors (Lipinski definition) is 10. The Balaban J connectivity index is 1.64. The van der Waals surface area contributed by atoms with Crippen LogP contribution in [0, 0.1) is 0 Å². The van der Waals surface area contributed by atoms with E-state index in [1.165, 1.54) is 54.6 Å². The van der Waals surface area contributed by atoms with Crippen molar-refractivity contribution in [3.63, 3.8) is 0 Å². The Morgan fingerprint density at radius 1 is 0.964 bits per heavy atom. The number of nitrogens with one attached hydrogen (secondary N) is 1. The highest BCUT2D eigenvalue weighted by Gasteiger charge is 2.58. The number of ether oxygens (including phenoxy) is 3. The molecule has 1 heterocycles. The number of benzene rings is 2. The van der Waals surface area contributed by atoms with Crippen LogP contribution >= 0.6 is 15.2 Å². The van der Waals surface area contributed by atoms with E-state index in [4.69, 9.17) is 14.2 Å². The zero-order valence-corrected chi connectivity index (χ0v) is 32.5. The molecule has 3 rings (SSSR count). The Labute approximate surface area is 322 Å². The first kappa shape index (κ1) is 46.4. The summed E-state index contributed by atoms with van der Waals surface area (Å²) >= 11 is 0. The first-order chi connectivity index (χ1) is 26.3. The lowest BCUT2D eigenvalue weighted by Crippen LogP contribution is -2.43. The molecule has 56 heavy (non-hydrogen) atoms. The van der Waals surface area contributed by atoms with E-state index in [0.717, 1.165) is 18.9 Å². The molecule has 20 heteroatoms. The van der Waals surface area contributed by atoms with E-state index in [2.05, 4.69) is 0 Å². The fourth-order valence-corrected chi connectivity index (χ4v) is 7.99. The van der Waals surface area contributed by atoms with Gasteiger partial charge in [0.1, 0.15) is 5.75 Å². The zero-order chi connectivity index (χ0) is 41.6. The van der Waals surface area contributed by atoms with Crippen molar-refractivity contribution >= 4 is 39.1 Å². The zero-order valence-electron chi connectivity index (χ0n) is 30.7. The van der Waals surface area contributed by atoms with Crippen LogP contribution in [0.2, 0.25) is 0 Å². The number of nitrogens with zero attached hydrogens (tertiary/aromatic N) is 1. The van der Waals surface area contributed by atoms with Crippen molar-refractivity contribution < 1.29 is 76.0 Å². The molecule has 0 spiro atoms. The maximum atomic E-state index is 15.9. The lowest BCUT2D eigenvalue weighted by atomic mass is 9.97. The molecule has 2 aromatic carbocycles. The van der Waals surface area contributed by atoms with Gasteiger partial charge in [0.15, 0.2) is 6.10 Å². The summed E-state index contributed by atoms with van der Waals surface area (Å²) < 4.78 is 70.1. The van der Waals surface area contributed by atoms with Crippen LogP contribution < -0.4 is 10.1 Å². The van der Waals surface area contributed by atoms with Gasteiger partial charge >= 0.3 is 39.1 Å². The van der Waals surface area contributed by atoms with E-state index < -0.39 is 75.4 Å².